The number of aliphatic hydroxyl groups is 1. The molecule has 0 atom stereocenters. The Kier molecular flexibility index (Phi) is 20.5. The molecule has 0 aliphatic rings. The molecule has 0 aromatic carbocycles. The minimum absolute atomic E-state index is 0.355. The smallest absolute Gasteiger partial charge is 0.394 e. The van der Waals surface area contributed by atoms with Gasteiger partial charge in [0.2, 0.25) is 0 Å². The van der Waals surface area contributed by atoms with E-state index in [2.05, 4.69) is 6.92 Å². The van der Waals surface area contributed by atoms with Crippen molar-refractivity contribution in [1.29, 1.82) is 0 Å². The summed E-state index contributed by atoms with van der Waals surface area (Å²) in [6.45, 7) is 6.48. The lowest BCUT2D eigenvalue weighted by Gasteiger charge is -1.85. The van der Waals surface area contributed by atoms with E-state index >= 15 is 0 Å². The molecule has 13 heavy (non-hydrogen) atoms. The minimum Gasteiger partial charge on any atom is -0.396 e. The monoisotopic (exact) mass is 216 g/mol. The summed E-state index contributed by atoms with van der Waals surface area (Å²) < 4.78 is 31.6. The molecule has 0 aromatic heterocycles. The fourth-order valence-corrected chi connectivity index (χ4v) is 0.362. The van der Waals surface area contributed by atoms with Gasteiger partial charge >= 0.3 is 10.4 Å². The predicted molar refractivity (Wildman–Crippen MR) is 52.1 cm³/mol. The molecule has 0 fully saturated rings. The topological polar surface area (TPSA) is 94.8 Å². The van der Waals surface area contributed by atoms with E-state index in [0.29, 0.717) is 6.61 Å². The Labute approximate surface area is 80.4 Å². The lowest BCUT2D eigenvalue weighted by Crippen LogP contribution is -1.89. The first-order valence-electron chi connectivity index (χ1n) is 4.22. The van der Waals surface area contributed by atoms with Crippen LogP contribution in [0.2, 0.25) is 0 Å². The molecular formula is C7H20O5S. The Balaban J connectivity index is -0.000000131. The number of aliphatic hydroxyl groups excluding tert-OH is 1. The van der Waals surface area contributed by atoms with Crippen molar-refractivity contribution in [1.82, 2.24) is 0 Å². The van der Waals surface area contributed by atoms with Crippen molar-refractivity contribution in [2.75, 3.05) is 6.61 Å². The third-order valence-electron chi connectivity index (χ3n) is 0.762. The summed E-state index contributed by atoms with van der Waals surface area (Å²) in [7, 11) is -4.67. The van der Waals surface area contributed by atoms with E-state index in [4.69, 9.17) is 22.6 Å². The second kappa shape index (κ2) is 14.4. The quantitative estimate of drug-likeness (QED) is 0.491. The first-order chi connectivity index (χ1) is 5.91. The number of hydrogen-bond donors (Lipinski definition) is 3. The Morgan fingerprint density at radius 1 is 1.08 bits per heavy atom. The molecule has 0 aliphatic heterocycles. The average Bonchev–Trinajstić information content (AvgIpc) is 2.02. The third-order valence-corrected chi connectivity index (χ3v) is 0.762. The van der Waals surface area contributed by atoms with E-state index in [0.717, 1.165) is 12.8 Å². The molecule has 0 rings (SSSR count). The summed E-state index contributed by atoms with van der Waals surface area (Å²) >= 11 is 0. The maximum atomic E-state index is 8.74. The minimum atomic E-state index is -4.67. The highest BCUT2D eigenvalue weighted by Gasteiger charge is 1.84. The van der Waals surface area contributed by atoms with Gasteiger partial charge in [0.15, 0.2) is 0 Å². The van der Waals surface area contributed by atoms with Crippen LogP contribution in [-0.2, 0) is 10.4 Å². The van der Waals surface area contributed by atoms with E-state index in [-0.39, 0.29) is 0 Å². The fourth-order valence-electron chi connectivity index (χ4n) is 0.362. The summed E-state index contributed by atoms with van der Waals surface area (Å²) in [5.74, 6) is 0. The predicted octanol–water partition coefficient (Wildman–Crippen LogP) is 1.54. The zero-order chi connectivity index (χ0) is 11.3. The van der Waals surface area contributed by atoms with Crippen molar-refractivity contribution in [2.45, 2.75) is 40.0 Å². The highest BCUT2D eigenvalue weighted by Crippen LogP contribution is 1.89. The molecule has 0 saturated carbocycles. The van der Waals surface area contributed by atoms with Crippen LogP contribution in [0.5, 0.6) is 0 Å². The van der Waals surface area contributed by atoms with Gasteiger partial charge < -0.3 is 5.11 Å². The molecule has 0 aromatic rings. The van der Waals surface area contributed by atoms with Gasteiger partial charge in [-0.2, -0.15) is 8.42 Å². The van der Waals surface area contributed by atoms with Crippen molar-refractivity contribution >= 4 is 10.4 Å². The van der Waals surface area contributed by atoms with Crippen molar-refractivity contribution in [3.63, 3.8) is 0 Å². The summed E-state index contributed by atoms with van der Waals surface area (Å²) in [5, 5.41) is 8.20. The van der Waals surface area contributed by atoms with Gasteiger partial charge in [-0.05, 0) is 6.42 Å². The standard InChI is InChI=1S/C5H12O.C2H6.H2O4S/c1-2-3-4-5-6;1-2;1-5(2,3)4/h6H,2-5H2,1H3;1-2H3;(H2,1,2,3,4). The van der Waals surface area contributed by atoms with E-state index in [1.165, 1.54) is 6.42 Å². The van der Waals surface area contributed by atoms with Gasteiger partial charge in [0.25, 0.3) is 0 Å². The van der Waals surface area contributed by atoms with Crippen LogP contribution < -0.4 is 0 Å². The molecular weight excluding hydrogens is 196 g/mol. The SMILES string of the molecule is CC.CCCCCO.O=S(=O)(O)O. The fraction of sp³-hybridized carbons (Fsp3) is 1.00. The van der Waals surface area contributed by atoms with Gasteiger partial charge in [0.05, 0.1) is 0 Å². The van der Waals surface area contributed by atoms with Gasteiger partial charge in [0, 0.05) is 6.61 Å². The molecule has 0 spiro atoms. The summed E-state index contributed by atoms with van der Waals surface area (Å²) in [6.07, 6.45) is 3.33. The molecule has 0 bridgehead atoms. The lowest BCUT2D eigenvalue weighted by atomic mass is 10.3. The summed E-state index contributed by atoms with van der Waals surface area (Å²) in [6, 6.07) is 0. The van der Waals surface area contributed by atoms with E-state index in [1.54, 1.807) is 0 Å². The molecule has 0 amide bonds. The molecule has 84 valence electrons. The van der Waals surface area contributed by atoms with Crippen LogP contribution in [0.1, 0.15) is 40.0 Å². The Morgan fingerprint density at radius 2 is 1.38 bits per heavy atom. The van der Waals surface area contributed by atoms with E-state index in [9.17, 15) is 0 Å². The zero-order valence-electron chi connectivity index (χ0n) is 8.39. The Bertz CT molecular complexity index is 140. The zero-order valence-corrected chi connectivity index (χ0v) is 9.21. The van der Waals surface area contributed by atoms with Crippen LogP contribution in [0.15, 0.2) is 0 Å². The van der Waals surface area contributed by atoms with Crippen LogP contribution in [0.3, 0.4) is 0 Å². The maximum absolute atomic E-state index is 8.74. The van der Waals surface area contributed by atoms with Gasteiger partial charge in [0.1, 0.15) is 0 Å². The Hall–Kier alpha value is -0.170. The molecule has 0 radical (unpaired) electrons. The molecule has 5 nitrogen and oxygen atoms in total. The number of unbranched alkanes of at least 4 members (excludes halogenated alkanes) is 2. The molecule has 6 heteroatoms. The summed E-state index contributed by atoms with van der Waals surface area (Å²) in [4.78, 5) is 0. The van der Waals surface area contributed by atoms with Crippen molar-refractivity contribution in [3.8, 4) is 0 Å². The van der Waals surface area contributed by atoms with Crippen LogP contribution in [0.25, 0.3) is 0 Å². The number of hydrogen-bond acceptors (Lipinski definition) is 3. The molecule has 0 saturated heterocycles. The molecule has 0 aliphatic carbocycles. The van der Waals surface area contributed by atoms with Crippen LogP contribution >= 0.6 is 0 Å². The van der Waals surface area contributed by atoms with Crippen molar-refractivity contribution < 1.29 is 22.6 Å². The average molecular weight is 216 g/mol. The number of rotatable bonds is 3. The molecule has 3 N–H and O–H groups in total. The highest BCUT2D eigenvalue weighted by atomic mass is 32.3. The normalized spacial score (nSPS) is 9.08. The largest absolute Gasteiger partial charge is 0.396 e. The molecule has 0 unspecified atom stereocenters. The maximum Gasteiger partial charge on any atom is 0.394 e. The van der Waals surface area contributed by atoms with Crippen LogP contribution in [0.4, 0.5) is 0 Å². The van der Waals surface area contributed by atoms with Gasteiger partial charge in [-0.3, -0.25) is 9.11 Å². The van der Waals surface area contributed by atoms with Gasteiger partial charge in [-0.25, -0.2) is 0 Å². The second-order valence-corrected chi connectivity index (χ2v) is 2.77. The highest BCUT2D eigenvalue weighted by molar-refractivity contribution is 7.79. The molecule has 0 heterocycles. The lowest BCUT2D eigenvalue weighted by molar-refractivity contribution is 0.284. The first-order valence-corrected chi connectivity index (χ1v) is 5.62. The van der Waals surface area contributed by atoms with Crippen molar-refractivity contribution in [2.24, 2.45) is 0 Å². The summed E-state index contributed by atoms with van der Waals surface area (Å²) in [5.41, 5.74) is 0. The van der Waals surface area contributed by atoms with E-state index in [1.807, 2.05) is 13.8 Å². The Morgan fingerprint density at radius 3 is 1.46 bits per heavy atom. The van der Waals surface area contributed by atoms with Crippen LogP contribution in [-0.4, -0.2) is 29.2 Å². The van der Waals surface area contributed by atoms with Crippen molar-refractivity contribution in [3.05, 3.63) is 0 Å². The van der Waals surface area contributed by atoms with E-state index < -0.39 is 10.4 Å². The van der Waals surface area contributed by atoms with Crippen LogP contribution in [0, 0.1) is 0 Å². The third kappa shape index (κ3) is 143. The second-order valence-electron chi connectivity index (χ2n) is 1.88. The van der Waals surface area contributed by atoms with Gasteiger partial charge in [-0.1, -0.05) is 33.6 Å². The first kappa shape index (κ1) is 18.6. The van der Waals surface area contributed by atoms with Gasteiger partial charge in [-0.15, -0.1) is 0 Å².